The van der Waals surface area contributed by atoms with Crippen molar-refractivity contribution in [2.45, 2.75) is 13.5 Å². The molecule has 1 rings (SSSR count). The second-order valence-electron chi connectivity index (χ2n) is 1.80. The monoisotopic (exact) mass is 111 g/mol. The van der Waals surface area contributed by atoms with Crippen LogP contribution in [0.15, 0.2) is 12.3 Å². The van der Waals surface area contributed by atoms with Gasteiger partial charge in [-0.15, -0.1) is 0 Å². The fraction of sp³-hybridized carbons (Fsp3) is 0.333. The first-order valence-electron chi connectivity index (χ1n) is 2.58. The summed E-state index contributed by atoms with van der Waals surface area (Å²) in [5.41, 5.74) is 2.03. The van der Waals surface area contributed by atoms with E-state index in [2.05, 4.69) is 4.98 Å². The number of aliphatic hydroxyl groups excluding tert-OH is 1. The Hall–Kier alpha value is -0.760. The van der Waals surface area contributed by atoms with Crippen LogP contribution in [0.3, 0.4) is 0 Å². The third kappa shape index (κ3) is 0.746. The van der Waals surface area contributed by atoms with Crippen molar-refractivity contribution in [2.24, 2.45) is 0 Å². The number of aromatic nitrogens is 1. The third-order valence-electron chi connectivity index (χ3n) is 1.23. The van der Waals surface area contributed by atoms with E-state index in [4.69, 9.17) is 5.11 Å². The van der Waals surface area contributed by atoms with Gasteiger partial charge in [-0.05, 0) is 18.6 Å². The zero-order chi connectivity index (χ0) is 5.98. The number of aliphatic hydroxyl groups is 1. The average molecular weight is 111 g/mol. The Bertz CT molecular complexity index is 169. The minimum absolute atomic E-state index is 0.110. The molecule has 0 fully saturated rings. The highest BCUT2D eigenvalue weighted by atomic mass is 16.3. The topological polar surface area (TPSA) is 36.0 Å². The molecule has 2 heteroatoms. The lowest BCUT2D eigenvalue weighted by Crippen LogP contribution is -1.83. The van der Waals surface area contributed by atoms with Crippen molar-refractivity contribution in [2.75, 3.05) is 0 Å². The van der Waals surface area contributed by atoms with Gasteiger partial charge >= 0.3 is 0 Å². The molecule has 1 aromatic heterocycles. The maximum Gasteiger partial charge on any atom is 0.0833 e. The highest BCUT2D eigenvalue weighted by molar-refractivity contribution is 5.16. The molecule has 0 spiro atoms. The maximum absolute atomic E-state index is 8.58. The highest BCUT2D eigenvalue weighted by Crippen LogP contribution is 2.02. The molecule has 0 saturated carbocycles. The summed E-state index contributed by atoms with van der Waals surface area (Å²) >= 11 is 0. The normalized spacial score (nSPS) is 9.75. The predicted octanol–water partition coefficient (Wildman–Crippen LogP) is 0.815. The van der Waals surface area contributed by atoms with E-state index in [1.54, 1.807) is 0 Å². The number of aryl methyl sites for hydroxylation is 1. The summed E-state index contributed by atoms with van der Waals surface area (Å²) < 4.78 is 0. The second-order valence-corrected chi connectivity index (χ2v) is 1.80. The summed E-state index contributed by atoms with van der Waals surface area (Å²) in [5, 5.41) is 8.58. The maximum atomic E-state index is 8.58. The Morgan fingerprint density at radius 2 is 2.50 bits per heavy atom. The van der Waals surface area contributed by atoms with Crippen LogP contribution in [0, 0.1) is 6.92 Å². The molecule has 8 heavy (non-hydrogen) atoms. The standard InChI is InChI=1S/C6H9NO/c1-5-2-3-7-6(5)4-8/h2-3,7-8H,4H2,1H3. The summed E-state index contributed by atoms with van der Waals surface area (Å²) in [6.07, 6.45) is 1.82. The summed E-state index contributed by atoms with van der Waals surface area (Å²) in [7, 11) is 0. The first-order chi connectivity index (χ1) is 3.84. The lowest BCUT2D eigenvalue weighted by atomic mass is 10.3. The summed E-state index contributed by atoms with van der Waals surface area (Å²) in [5.74, 6) is 0. The molecular weight excluding hydrogens is 102 g/mol. The second kappa shape index (κ2) is 2.01. The van der Waals surface area contributed by atoms with Gasteiger partial charge in [-0.2, -0.15) is 0 Å². The summed E-state index contributed by atoms with van der Waals surface area (Å²) in [6, 6.07) is 1.94. The molecule has 2 nitrogen and oxygen atoms in total. The van der Waals surface area contributed by atoms with Gasteiger partial charge in [0.25, 0.3) is 0 Å². The molecule has 0 amide bonds. The van der Waals surface area contributed by atoms with Crippen molar-refractivity contribution in [3.8, 4) is 0 Å². The smallest absolute Gasteiger partial charge is 0.0833 e. The van der Waals surface area contributed by atoms with E-state index in [0.29, 0.717) is 0 Å². The van der Waals surface area contributed by atoms with E-state index in [1.165, 1.54) is 0 Å². The van der Waals surface area contributed by atoms with Crippen LogP contribution in [0.5, 0.6) is 0 Å². The van der Waals surface area contributed by atoms with Gasteiger partial charge in [0.2, 0.25) is 0 Å². The van der Waals surface area contributed by atoms with E-state index < -0.39 is 0 Å². The minimum atomic E-state index is 0.110. The lowest BCUT2D eigenvalue weighted by molar-refractivity contribution is 0.277. The molecule has 2 N–H and O–H groups in total. The van der Waals surface area contributed by atoms with Crippen molar-refractivity contribution in [1.82, 2.24) is 4.98 Å². The lowest BCUT2D eigenvalue weighted by Gasteiger charge is -1.88. The van der Waals surface area contributed by atoms with E-state index in [9.17, 15) is 0 Å². The van der Waals surface area contributed by atoms with Gasteiger partial charge in [-0.3, -0.25) is 0 Å². The van der Waals surface area contributed by atoms with E-state index in [-0.39, 0.29) is 6.61 Å². The van der Waals surface area contributed by atoms with Gasteiger partial charge in [-0.25, -0.2) is 0 Å². The average Bonchev–Trinajstić information content (AvgIpc) is 2.14. The molecule has 1 aromatic rings. The zero-order valence-electron chi connectivity index (χ0n) is 4.81. The van der Waals surface area contributed by atoms with Crippen molar-refractivity contribution >= 4 is 0 Å². The van der Waals surface area contributed by atoms with Crippen LogP contribution in [0.25, 0.3) is 0 Å². The molecule has 1 heterocycles. The number of hydrogen-bond acceptors (Lipinski definition) is 1. The molecule has 0 radical (unpaired) electrons. The first kappa shape index (κ1) is 5.38. The molecule has 0 unspecified atom stereocenters. The SMILES string of the molecule is Cc1cc[nH]c1CO. The van der Waals surface area contributed by atoms with Crippen LogP contribution in [0.1, 0.15) is 11.3 Å². The van der Waals surface area contributed by atoms with Crippen LogP contribution in [0.2, 0.25) is 0 Å². The number of rotatable bonds is 1. The fourth-order valence-corrected chi connectivity index (χ4v) is 0.652. The van der Waals surface area contributed by atoms with Crippen molar-refractivity contribution in [1.29, 1.82) is 0 Å². The Morgan fingerprint density at radius 3 is 2.75 bits per heavy atom. The van der Waals surface area contributed by atoms with Crippen molar-refractivity contribution in [3.05, 3.63) is 23.5 Å². The molecule has 0 saturated heterocycles. The van der Waals surface area contributed by atoms with E-state index >= 15 is 0 Å². The van der Waals surface area contributed by atoms with Crippen LogP contribution in [-0.4, -0.2) is 10.1 Å². The number of nitrogens with one attached hydrogen (secondary N) is 1. The molecule has 0 atom stereocenters. The number of aromatic amines is 1. The molecular formula is C6H9NO. The van der Waals surface area contributed by atoms with Crippen molar-refractivity contribution in [3.63, 3.8) is 0 Å². The zero-order valence-corrected chi connectivity index (χ0v) is 4.81. The van der Waals surface area contributed by atoms with Gasteiger partial charge in [0.15, 0.2) is 0 Å². The summed E-state index contributed by atoms with van der Waals surface area (Å²) in [6.45, 7) is 2.07. The Morgan fingerprint density at radius 1 is 1.75 bits per heavy atom. The van der Waals surface area contributed by atoms with Crippen LogP contribution in [-0.2, 0) is 6.61 Å². The third-order valence-corrected chi connectivity index (χ3v) is 1.23. The largest absolute Gasteiger partial charge is 0.390 e. The molecule has 0 aliphatic carbocycles. The Labute approximate surface area is 48.2 Å². The highest BCUT2D eigenvalue weighted by Gasteiger charge is 1.92. The van der Waals surface area contributed by atoms with Gasteiger partial charge in [0.05, 0.1) is 6.61 Å². The number of H-pyrrole nitrogens is 1. The quantitative estimate of drug-likeness (QED) is 0.553. The Kier molecular flexibility index (Phi) is 1.35. The molecule has 0 aliphatic heterocycles. The predicted molar refractivity (Wildman–Crippen MR) is 31.5 cm³/mol. The van der Waals surface area contributed by atoms with E-state index in [1.807, 2.05) is 19.2 Å². The van der Waals surface area contributed by atoms with Crippen LogP contribution >= 0.6 is 0 Å². The van der Waals surface area contributed by atoms with Crippen molar-refractivity contribution < 1.29 is 5.11 Å². The molecule has 0 bridgehead atoms. The van der Waals surface area contributed by atoms with Gasteiger partial charge in [0, 0.05) is 11.9 Å². The van der Waals surface area contributed by atoms with Crippen LogP contribution in [0.4, 0.5) is 0 Å². The van der Waals surface area contributed by atoms with Crippen LogP contribution < -0.4 is 0 Å². The fourth-order valence-electron chi connectivity index (χ4n) is 0.652. The van der Waals surface area contributed by atoms with Gasteiger partial charge in [0.1, 0.15) is 0 Å². The first-order valence-corrected chi connectivity index (χ1v) is 2.58. The minimum Gasteiger partial charge on any atom is -0.390 e. The molecule has 0 aliphatic rings. The van der Waals surface area contributed by atoms with E-state index in [0.717, 1.165) is 11.3 Å². The van der Waals surface area contributed by atoms with Gasteiger partial charge in [-0.1, -0.05) is 0 Å². The molecule has 44 valence electrons. The summed E-state index contributed by atoms with van der Waals surface area (Å²) in [4.78, 5) is 2.91. The van der Waals surface area contributed by atoms with Gasteiger partial charge < -0.3 is 10.1 Å². The number of hydrogen-bond donors (Lipinski definition) is 2. The Balaban J connectivity index is 2.92. The molecule has 0 aromatic carbocycles.